The van der Waals surface area contributed by atoms with Crippen LogP contribution in [-0.4, -0.2) is 10.5 Å². The number of thiophene rings is 1. The van der Waals surface area contributed by atoms with Crippen molar-refractivity contribution in [3.05, 3.63) is 70.4 Å². The smallest absolute Gasteiger partial charge is 0.251 e. The summed E-state index contributed by atoms with van der Waals surface area (Å²) in [6, 6.07) is 14.6. The quantitative estimate of drug-likeness (QED) is 0.483. The number of hydrogen-bond donors (Lipinski definition) is 1. The van der Waals surface area contributed by atoms with Crippen molar-refractivity contribution in [2.45, 2.75) is 52.5 Å². The number of rotatable bonds is 9. The van der Waals surface area contributed by atoms with Crippen LogP contribution >= 0.6 is 11.3 Å². The molecule has 0 aliphatic carbocycles. The number of benzene rings is 1. The number of carbonyl (C=O) groups excluding carboxylic acids is 1. The van der Waals surface area contributed by atoms with Crippen molar-refractivity contribution in [2.75, 3.05) is 0 Å². The number of hydrogen-bond acceptors (Lipinski definition) is 2. The summed E-state index contributed by atoms with van der Waals surface area (Å²) in [5.74, 6) is -0.328. The van der Waals surface area contributed by atoms with Gasteiger partial charge in [-0.05, 0) is 43.2 Å². The number of unbranched alkanes of at least 4 members (excludes halogenated alkanes) is 2. The van der Waals surface area contributed by atoms with Crippen LogP contribution in [0.25, 0.3) is 10.4 Å². The molecule has 2 aromatic heterocycles. The highest BCUT2D eigenvalue weighted by molar-refractivity contribution is 7.13. The lowest BCUT2D eigenvalue weighted by molar-refractivity contribution is 0.1000. The first-order valence-corrected chi connectivity index (χ1v) is 10.6. The van der Waals surface area contributed by atoms with E-state index in [-0.39, 0.29) is 5.91 Å². The Morgan fingerprint density at radius 2 is 1.85 bits per heavy atom. The molecule has 1 amide bonds. The molecule has 27 heavy (non-hydrogen) atoms. The first kappa shape index (κ1) is 19.4. The van der Waals surface area contributed by atoms with E-state index in [1.807, 2.05) is 19.1 Å². The third-order valence-electron chi connectivity index (χ3n) is 5.13. The summed E-state index contributed by atoms with van der Waals surface area (Å²) in [4.78, 5) is 13.5. The Kier molecular flexibility index (Phi) is 6.51. The lowest BCUT2D eigenvalue weighted by Crippen LogP contribution is -2.13. The van der Waals surface area contributed by atoms with Gasteiger partial charge in [-0.25, -0.2) is 0 Å². The van der Waals surface area contributed by atoms with E-state index in [9.17, 15) is 4.79 Å². The van der Waals surface area contributed by atoms with Gasteiger partial charge in [0.1, 0.15) is 0 Å². The van der Waals surface area contributed by atoms with Crippen LogP contribution in [0.3, 0.4) is 0 Å². The predicted octanol–water partition coefficient (Wildman–Crippen LogP) is 5.60. The summed E-state index contributed by atoms with van der Waals surface area (Å²) in [5, 5.41) is 2.06. The maximum Gasteiger partial charge on any atom is 0.251 e. The van der Waals surface area contributed by atoms with E-state index >= 15 is 0 Å². The molecule has 142 valence electrons. The van der Waals surface area contributed by atoms with Gasteiger partial charge in [0, 0.05) is 28.4 Å². The van der Waals surface area contributed by atoms with Gasteiger partial charge in [-0.3, -0.25) is 4.79 Å². The topological polar surface area (TPSA) is 48.0 Å². The third-order valence-corrected chi connectivity index (χ3v) is 6.02. The average Bonchev–Trinajstić information content (AvgIpc) is 3.28. The molecule has 2 N–H and O–H groups in total. The van der Waals surface area contributed by atoms with Crippen molar-refractivity contribution < 1.29 is 4.79 Å². The molecule has 0 atom stereocenters. The molecule has 1 aromatic carbocycles. The largest absolute Gasteiger partial charge is 0.366 e. The number of aryl methyl sites for hydroxylation is 1. The Balaban J connectivity index is 2.04. The Morgan fingerprint density at radius 3 is 2.48 bits per heavy atom. The number of nitrogens with two attached hydrogens (primary N) is 1. The van der Waals surface area contributed by atoms with Gasteiger partial charge in [0.15, 0.2) is 0 Å². The summed E-state index contributed by atoms with van der Waals surface area (Å²) >= 11 is 1.68. The van der Waals surface area contributed by atoms with Gasteiger partial charge in [0.25, 0.3) is 5.91 Å². The molecule has 4 heteroatoms. The fraction of sp³-hybridized carbons (Fsp3) is 0.348. The fourth-order valence-electron chi connectivity index (χ4n) is 3.78. The molecule has 0 radical (unpaired) electrons. The van der Waals surface area contributed by atoms with Gasteiger partial charge in [0.05, 0.1) is 5.56 Å². The summed E-state index contributed by atoms with van der Waals surface area (Å²) in [7, 11) is 0. The Hall–Kier alpha value is -2.33. The van der Waals surface area contributed by atoms with Crippen LogP contribution < -0.4 is 5.73 Å². The molecule has 2 heterocycles. The average molecular weight is 381 g/mol. The summed E-state index contributed by atoms with van der Waals surface area (Å²) in [6.45, 7) is 5.11. The minimum Gasteiger partial charge on any atom is -0.366 e. The van der Waals surface area contributed by atoms with Crippen molar-refractivity contribution in [2.24, 2.45) is 5.73 Å². The highest BCUT2D eigenvalue weighted by atomic mass is 32.1. The molecule has 0 spiro atoms. The molecule has 0 unspecified atom stereocenters. The van der Waals surface area contributed by atoms with Crippen molar-refractivity contribution in [1.29, 1.82) is 0 Å². The zero-order chi connectivity index (χ0) is 19.2. The highest BCUT2D eigenvalue weighted by Crippen LogP contribution is 2.36. The zero-order valence-corrected chi connectivity index (χ0v) is 17.0. The van der Waals surface area contributed by atoms with Gasteiger partial charge in [-0.15, -0.1) is 11.3 Å². The van der Waals surface area contributed by atoms with E-state index in [4.69, 9.17) is 5.73 Å². The molecule has 0 aliphatic heterocycles. The SMILES string of the molecule is CCCCCc1c(-c2cccs2)c(C(N)=O)c(C)n1CCc1ccccc1. The standard InChI is InChI=1S/C23H28N2OS/c1-3-4-6-12-19-22(20-13-9-16-27-20)21(23(24)26)17(2)25(19)15-14-18-10-7-5-8-11-18/h5,7-11,13,16H,3-4,6,12,14-15H2,1-2H3,(H2,24,26). The van der Waals surface area contributed by atoms with Crippen LogP contribution in [0.4, 0.5) is 0 Å². The second kappa shape index (κ2) is 9.05. The maximum absolute atomic E-state index is 12.3. The van der Waals surface area contributed by atoms with E-state index in [0.717, 1.165) is 41.9 Å². The van der Waals surface area contributed by atoms with Gasteiger partial charge in [-0.1, -0.05) is 56.2 Å². The lowest BCUT2D eigenvalue weighted by atomic mass is 10.0. The van der Waals surface area contributed by atoms with Gasteiger partial charge < -0.3 is 10.3 Å². The number of primary amides is 1. The Labute approximate surface area is 165 Å². The molecule has 3 aromatic rings. The van der Waals surface area contributed by atoms with Crippen molar-refractivity contribution in [3.63, 3.8) is 0 Å². The van der Waals surface area contributed by atoms with E-state index in [1.165, 1.54) is 24.1 Å². The van der Waals surface area contributed by atoms with Crippen molar-refractivity contribution in [3.8, 4) is 10.4 Å². The summed E-state index contributed by atoms with van der Waals surface area (Å²) < 4.78 is 2.33. The van der Waals surface area contributed by atoms with Gasteiger partial charge in [-0.2, -0.15) is 0 Å². The van der Waals surface area contributed by atoms with Crippen molar-refractivity contribution >= 4 is 17.2 Å². The number of nitrogens with zero attached hydrogens (tertiary/aromatic N) is 1. The molecule has 0 bridgehead atoms. The Morgan fingerprint density at radius 1 is 1.07 bits per heavy atom. The van der Waals surface area contributed by atoms with Crippen LogP contribution in [0.2, 0.25) is 0 Å². The van der Waals surface area contributed by atoms with Gasteiger partial charge >= 0.3 is 0 Å². The first-order valence-electron chi connectivity index (χ1n) is 9.73. The highest BCUT2D eigenvalue weighted by Gasteiger charge is 2.24. The third kappa shape index (κ3) is 4.33. The molecule has 0 saturated heterocycles. The molecule has 0 saturated carbocycles. The molecule has 0 aliphatic rings. The van der Waals surface area contributed by atoms with Crippen LogP contribution in [0.5, 0.6) is 0 Å². The molecule has 3 rings (SSSR count). The van der Waals surface area contributed by atoms with E-state index in [2.05, 4.69) is 47.2 Å². The number of carbonyl (C=O) groups is 1. The second-order valence-corrected chi connectivity index (χ2v) is 7.92. The zero-order valence-electron chi connectivity index (χ0n) is 16.2. The van der Waals surface area contributed by atoms with Gasteiger partial charge in [0.2, 0.25) is 0 Å². The van der Waals surface area contributed by atoms with E-state index in [0.29, 0.717) is 5.56 Å². The van der Waals surface area contributed by atoms with Crippen molar-refractivity contribution in [1.82, 2.24) is 4.57 Å². The molecular formula is C23H28N2OS. The second-order valence-electron chi connectivity index (χ2n) is 6.97. The summed E-state index contributed by atoms with van der Waals surface area (Å²) in [5.41, 5.74) is 11.1. The molecule has 3 nitrogen and oxygen atoms in total. The Bertz CT molecular complexity index is 879. The van der Waals surface area contributed by atoms with E-state index < -0.39 is 0 Å². The van der Waals surface area contributed by atoms with Crippen LogP contribution in [0.1, 0.15) is 53.5 Å². The van der Waals surface area contributed by atoms with Crippen LogP contribution in [0.15, 0.2) is 47.8 Å². The monoisotopic (exact) mass is 380 g/mol. The lowest BCUT2D eigenvalue weighted by Gasteiger charge is -2.13. The summed E-state index contributed by atoms with van der Waals surface area (Å²) in [6.07, 6.45) is 5.42. The maximum atomic E-state index is 12.3. The number of amides is 1. The molecular weight excluding hydrogens is 352 g/mol. The predicted molar refractivity (Wildman–Crippen MR) is 114 cm³/mol. The number of aromatic nitrogens is 1. The fourth-order valence-corrected chi connectivity index (χ4v) is 4.57. The normalized spacial score (nSPS) is 11.0. The minimum absolute atomic E-state index is 0.328. The molecule has 0 fully saturated rings. The van der Waals surface area contributed by atoms with Crippen LogP contribution in [-0.2, 0) is 19.4 Å². The first-order chi connectivity index (χ1) is 13.1. The van der Waals surface area contributed by atoms with E-state index in [1.54, 1.807) is 11.3 Å². The minimum atomic E-state index is -0.328. The van der Waals surface area contributed by atoms with Crippen LogP contribution in [0, 0.1) is 6.92 Å².